The van der Waals surface area contributed by atoms with E-state index in [2.05, 4.69) is 15.5 Å². The summed E-state index contributed by atoms with van der Waals surface area (Å²) in [6, 6.07) is 16.0. The molecule has 1 amide bonds. The standard InChI is InChI=1S/C25H23ClN4O4/c1-3-33-18-10-8-17(9-11-18)21-14-22(31)30(15-28-21)13-12-27-25(32)23-16(2)34-29-24(23)19-6-4-5-7-20(19)26/h4-11,14-15H,3,12-13H2,1-2H3,(H,27,32). The van der Waals surface area contributed by atoms with Gasteiger partial charge in [-0.15, -0.1) is 0 Å². The van der Waals surface area contributed by atoms with Crippen molar-refractivity contribution in [2.45, 2.75) is 20.4 Å². The highest BCUT2D eigenvalue weighted by Gasteiger charge is 2.22. The molecule has 0 aliphatic heterocycles. The average molecular weight is 479 g/mol. The molecule has 0 radical (unpaired) electrons. The summed E-state index contributed by atoms with van der Waals surface area (Å²) in [7, 11) is 0. The van der Waals surface area contributed by atoms with Crippen LogP contribution < -0.4 is 15.6 Å². The number of carbonyl (C=O) groups excluding carboxylic acids is 1. The number of aryl methyl sites for hydroxylation is 1. The van der Waals surface area contributed by atoms with Gasteiger partial charge in [-0.05, 0) is 44.2 Å². The van der Waals surface area contributed by atoms with Crippen LogP contribution in [0.25, 0.3) is 22.5 Å². The molecule has 174 valence electrons. The second-order valence-electron chi connectivity index (χ2n) is 7.46. The molecular weight excluding hydrogens is 456 g/mol. The number of rotatable bonds is 8. The second-order valence-corrected chi connectivity index (χ2v) is 7.87. The maximum atomic E-state index is 12.9. The summed E-state index contributed by atoms with van der Waals surface area (Å²) in [4.78, 5) is 29.8. The van der Waals surface area contributed by atoms with Crippen molar-refractivity contribution < 1.29 is 14.1 Å². The number of amides is 1. The molecule has 4 rings (SSSR count). The Kier molecular flexibility index (Phi) is 7.08. The molecule has 8 nitrogen and oxygen atoms in total. The highest BCUT2D eigenvalue weighted by Crippen LogP contribution is 2.30. The summed E-state index contributed by atoms with van der Waals surface area (Å²) >= 11 is 6.26. The Labute approximate surface area is 201 Å². The van der Waals surface area contributed by atoms with E-state index >= 15 is 0 Å². The highest BCUT2D eigenvalue weighted by atomic mass is 35.5. The molecule has 0 saturated carbocycles. The van der Waals surface area contributed by atoms with Crippen molar-refractivity contribution in [1.29, 1.82) is 0 Å². The lowest BCUT2D eigenvalue weighted by atomic mass is 10.1. The molecule has 0 aliphatic carbocycles. The van der Waals surface area contributed by atoms with E-state index in [1.165, 1.54) is 17.0 Å². The molecular formula is C25H23ClN4O4. The average Bonchev–Trinajstić information content (AvgIpc) is 3.22. The summed E-state index contributed by atoms with van der Waals surface area (Å²) in [6.45, 7) is 4.64. The topological polar surface area (TPSA) is 99.2 Å². The SMILES string of the molecule is CCOc1ccc(-c2cc(=O)n(CCNC(=O)c3c(-c4ccccc4Cl)noc3C)cn2)cc1. The Hall–Kier alpha value is -3.91. The smallest absolute Gasteiger partial charge is 0.257 e. The van der Waals surface area contributed by atoms with Crippen LogP contribution in [0.15, 0.2) is 70.2 Å². The van der Waals surface area contributed by atoms with E-state index in [1.54, 1.807) is 25.1 Å². The third kappa shape index (κ3) is 5.02. The van der Waals surface area contributed by atoms with Crippen LogP contribution in [0, 0.1) is 6.92 Å². The number of nitrogens with zero attached hydrogens (tertiary/aromatic N) is 3. The number of aromatic nitrogens is 3. The predicted molar refractivity (Wildman–Crippen MR) is 129 cm³/mol. The molecule has 9 heteroatoms. The Morgan fingerprint density at radius 2 is 1.94 bits per heavy atom. The number of benzene rings is 2. The minimum atomic E-state index is -0.360. The van der Waals surface area contributed by atoms with Crippen LogP contribution in [0.5, 0.6) is 5.75 Å². The van der Waals surface area contributed by atoms with Crippen LogP contribution in [-0.4, -0.2) is 33.8 Å². The molecule has 2 aromatic heterocycles. The first kappa shape index (κ1) is 23.3. The van der Waals surface area contributed by atoms with Crippen LogP contribution in [0.3, 0.4) is 0 Å². The first-order chi connectivity index (χ1) is 16.5. The van der Waals surface area contributed by atoms with Gasteiger partial charge in [0.1, 0.15) is 22.8 Å². The lowest BCUT2D eigenvalue weighted by Crippen LogP contribution is -2.31. The Bertz CT molecular complexity index is 1360. The summed E-state index contributed by atoms with van der Waals surface area (Å²) in [5.74, 6) is 0.780. The van der Waals surface area contributed by atoms with E-state index in [0.717, 1.165) is 11.3 Å². The van der Waals surface area contributed by atoms with Gasteiger partial charge in [-0.3, -0.25) is 14.2 Å². The molecule has 0 atom stereocenters. The molecule has 2 aromatic carbocycles. The molecule has 34 heavy (non-hydrogen) atoms. The minimum absolute atomic E-state index is 0.217. The van der Waals surface area contributed by atoms with Gasteiger partial charge in [0.05, 0.1) is 23.7 Å². The van der Waals surface area contributed by atoms with Crippen molar-refractivity contribution in [3.8, 4) is 28.3 Å². The van der Waals surface area contributed by atoms with Crippen LogP contribution in [0.2, 0.25) is 5.02 Å². The van der Waals surface area contributed by atoms with E-state index in [0.29, 0.717) is 39.9 Å². The first-order valence-electron chi connectivity index (χ1n) is 10.8. The van der Waals surface area contributed by atoms with Gasteiger partial charge in [-0.2, -0.15) is 0 Å². The molecule has 0 bridgehead atoms. The molecule has 0 spiro atoms. The van der Waals surface area contributed by atoms with Gasteiger partial charge >= 0.3 is 0 Å². The van der Waals surface area contributed by atoms with E-state index < -0.39 is 0 Å². The van der Waals surface area contributed by atoms with Crippen molar-refractivity contribution in [2.24, 2.45) is 0 Å². The lowest BCUT2D eigenvalue weighted by molar-refractivity contribution is 0.0951. The van der Waals surface area contributed by atoms with Crippen LogP contribution in [0.4, 0.5) is 0 Å². The molecule has 2 heterocycles. The molecule has 0 saturated heterocycles. The van der Waals surface area contributed by atoms with Gasteiger partial charge in [0.2, 0.25) is 0 Å². The van der Waals surface area contributed by atoms with Crippen LogP contribution in [0.1, 0.15) is 23.0 Å². The third-order valence-corrected chi connectivity index (χ3v) is 5.53. The van der Waals surface area contributed by atoms with E-state index in [9.17, 15) is 9.59 Å². The third-order valence-electron chi connectivity index (χ3n) is 5.20. The lowest BCUT2D eigenvalue weighted by Gasteiger charge is -2.09. The quantitative estimate of drug-likeness (QED) is 0.404. The maximum Gasteiger partial charge on any atom is 0.257 e. The van der Waals surface area contributed by atoms with Crippen molar-refractivity contribution in [3.05, 3.63) is 87.6 Å². The fourth-order valence-electron chi connectivity index (χ4n) is 3.50. The van der Waals surface area contributed by atoms with Gasteiger partial charge < -0.3 is 14.6 Å². The van der Waals surface area contributed by atoms with Crippen molar-refractivity contribution in [2.75, 3.05) is 13.2 Å². The molecule has 0 unspecified atom stereocenters. The normalized spacial score (nSPS) is 10.8. The second kappa shape index (κ2) is 10.4. The largest absolute Gasteiger partial charge is 0.494 e. The number of hydrogen-bond donors (Lipinski definition) is 1. The maximum absolute atomic E-state index is 12.9. The first-order valence-corrected chi connectivity index (χ1v) is 11.1. The highest BCUT2D eigenvalue weighted by molar-refractivity contribution is 6.33. The number of halogens is 1. The predicted octanol–water partition coefficient (Wildman–Crippen LogP) is 4.36. The minimum Gasteiger partial charge on any atom is -0.494 e. The molecule has 1 N–H and O–H groups in total. The van der Waals surface area contributed by atoms with E-state index in [1.807, 2.05) is 37.3 Å². The summed E-state index contributed by atoms with van der Waals surface area (Å²) in [5.41, 5.74) is 2.46. The van der Waals surface area contributed by atoms with Crippen LogP contribution in [-0.2, 0) is 6.54 Å². The zero-order chi connectivity index (χ0) is 24.1. The summed E-state index contributed by atoms with van der Waals surface area (Å²) in [5, 5.41) is 7.29. The van der Waals surface area contributed by atoms with Gasteiger partial charge in [-0.1, -0.05) is 35.0 Å². The fraction of sp³-hybridized carbons (Fsp3) is 0.200. The van der Waals surface area contributed by atoms with E-state index in [4.69, 9.17) is 20.9 Å². The van der Waals surface area contributed by atoms with Gasteiger partial charge in [0.25, 0.3) is 11.5 Å². The molecule has 0 fully saturated rings. The van der Waals surface area contributed by atoms with Crippen molar-refractivity contribution in [3.63, 3.8) is 0 Å². The van der Waals surface area contributed by atoms with Gasteiger partial charge in [0, 0.05) is 30.3 Å². The zero-order valence-corrected chi connectivity index (χ0v) is 19.5. The Morgan fingerprint density at radius 3 is 2.65 bits per heavy atom. The zero-order valence-electron chi connectivity index (χ0n) is 18.7. The number of hydrogen-bond acceptors (Lipinski definition) is 6. The van der Waals surface area contributed by atoms with Crippen molar-refractivity contribution in [1.82, 2.24) is 20.0 Å². The number of carbonyl (C=O) groups is 1. The van der Waals surface area contributed by atoms with E-state index in [-0.39, 0.29) is 24.6 Å². The Morgan fingerprint density at radius 1 is 1.18 bits per heavy atom. The molecule has 4 aromatic rings. The Balaban J connectivity index is 1.42. The summed E-state index contributed by atoms with van der Waals surface area (Å²) < 4.78 is 12.1. The molecule has 0 aliphatic rings. The van der Waals surface area contributed by atoms with Gasteiger partial charge in [-0.25, -0.2) is 4.98 Å². The summed E-state index contributed by atoms with van der Waals surface area (Å²) in [6.07, 6.45) is 1.47. The number of nitrogens with one attached hydrogen (secondary N) is 1. The van der Waals surface area contributed by atoms with Crippen LogP contribution >= 0.6 is 11.6 Å². The number of ether oxygens (including phenoxy) is 1. The fourth-order valence-corrected chi connectivity index (χ4v) is 3.72. The monoisotopic (exact) mass is 478 g/mol. The van der Waals surface area contributed by atoms with Crippen molar-refractivity contribution >= 4 is 17.5 Å². The van der Waals surface area contributed by atoms with Gasteiger partial charge in [0.15, 0.2) is 0 Å².